The van der Waals surface area contributed by atoms with Gasteiger partial charge in [0.15, 0.2) is 11.5 Å². The van der Waals surface area contributed by atoms with Gasteiger partial charge in [0.2, 0.25) is 5.91 Å². The first-order valence-electron chi connectivity index (χ1n) is 8.60. The summed E-state index contributed by atoms with van der Waals surface area (Å²) in [5, 5.41) is 2.91. The molecular formula is C18H28N2O4. The summed E-state index contributed by atoms with van der Waals surface area (Å²) in [5.74, 6) is 1.32. The largest absolute Gasteiger partial charge is 0.493 e. The molecule has 2 atom stereocenters. The van der Waals surface area contributed by atoms with Gasteiger partial charge >= 0.3 is 0 Å². The van der Waals surface area contributed by atoms with E-state index in [0.29, 0.717) is 25.4 Å². The molecule has 0 aliphatic carbocycles. The lowest BCUT2D eigenvalue weighted by Gasteiger charge is -2.14. The standard InChI is InChI=1S/C18H28N2O4/c1-3-4-9-23-15-7-5-13(10-17(15)22-2)12-20-18(21)16-8-6-14(11-19)24-16/h5,7,10,14,16H,3-4,6,8-9,11-12,19H2,1-2H3,(H,20,21)/t14-,16+/m1/s1. The summed E-state index contributed by atoms with van der Waals surface area (Å²) < 4.78 is 16.7. The summed E-state index contributed by atoms with van der Waals surface area (Å²) in [4.78, 5) is 12.1. The van der Waals surface area contributed by atoms with Gasteiger partial charge in [-0.1, -0.05) is 19.4 Å². The van der Waals surface area contributed by atoms with Gasteiger partial charge in [-0.3, -0.25) is 4.79 Å². The molecule has 0 spiro atoms. The van der Waals surface area contributed by atoms with Crippen LogP contribution in [-0.4, -0.2) is 38.4 Å². The molecule has 1 amide bonds. The molecule has 0 unspecified atom stereocenters. The lowest BCUT2D eigenvalue weighted by Crippen LogP contribution is -2.35. The molecule has 1 aliphatic rings. The van der Waals surface area contributed by atoms with Gasteiger partial charge in [0.25, 0.3) is 0 Å². The number of hydrogen-bond acceptors (Lipinski definition) is 5. The third kappa shape index (κ3) is 5.11. The third-order valence-corrected chi connectivity index (χ3v) is 4.11. The van der Waals surface area contributed by atoms with E-state index < -0.39 is 6.10 Å². The number of hydrogen-bond donors (Lipinski definition) is 2. The Morgan fingerprint density at radius 2 is 2.21 bits per heavy atom. The zero-order valence-electron chi connectivity index (χ0n) is 14.5. The van der Waals surface area contributed by atoms with Crippen molar-refractivity contribution in [2.75, 3.05) is 20.3 Å². The minimum Gasteiger partial charge on any atom is -0.493 e. The topological polar surface area (TPSA) is 82.8 Å². The van der Waals surface area contributed by atoms with Gasteiger partial charge in [-0.15, -0.1) is 0 Å². The number of nitrogens with one attached hydrogen (secondary N) is 1. The molecule has 6 nitrogen and oxygen atoms in total. The molecular weight excluding hydrogens is 308 g/mol. The summed E-state index contributed by atoms with van der Waals surface area (Å²) in [6.45, 7) is 3.68. The van der Waals surface area contributed by atoms with Crippen LogP contribution in [0.25, 0.3) is 0 Å². The molecule has 0 saturated carbocycles. The number of carbonyl (C=O) groups is 1. The first-order chi connectivity index (χ1) is 11.7. The normalized spacial score (nSPS) is 20.0. The quantitative estimate of drug-likeness (QED) is 0.674. The van der Waals surface area contributed by atoms with Crippen LogP contribution in [0.1, 0.15) is 38.2 Å². The zero-order chi connectivity index (χ0) is 17.4. The highest BCUT2D eigenvalue weighted by Gasteiger charge is 2.29. The maximum Gasteiger partial charge on any atom is 0.249 e. The molecule has 1 saturated heterocycles. The maximum absolute atomic E-state index is 12.1. The molecule has 1 aromatic rings. The van der Waals surface area contributed by atoms with Crippen LogP contribution in [-0.2, 0) is 16.1 Å². The second-order valence-corrected chi connectivity index (χ2v) is 5.96. The average Bonchev–Trinajstić information content (AvgIpc) is 3.09. The molecule has 1 heterocycles. The van der Waals surface area contributed by atoms with Crippen LogP contribution >= 0.6 is 0 Å². The molecule has 1 aromatic carbocycles. The van der Waals surface area contributed by atoms with E-state index in [1.807, 2.05) is 18.2 Å². The third-order valence-electron chi connectivity index (χ3n) is 4.11. The molecule has 2 rings (SSSR count). The lowest BCUT2D eigenvalue weighted by atomic mass is 10.1. The van der Waals surface area contributed by atoms with Gasteiger partial charge in [-0.25, -0.2) is 0 Å². The van der Waals surface area contributed by atoms with Crippen LogP contribution in [0.15, 0.2) is 18.2 Å². The Hall–Kier alpha value is -1.79. The van der Waals surface area contributed by atoms with Gasteiger partial charge in [-0.2, -0.15) is 0 Å². The van der Waals surface area contributed by atoms with Crippen molar-refractivity contribution < 1.29 is 19.0 Å². The molecule has 0 bridgehead atoms. The van der Waals surface area contributed by atoms with E-state index in [9.17, 15) is 4.79 Å². The van der Waals surface area contributed by atoms with Crippen LogP contribution in [0.5, 0.6) is 11.5 Å². The van der Waals surface area contributed by atoms with Crippen molar-refractivity contribution in [2.45, 2.75) is 51.4 Å². The van der Waals surface area contributed by atoms with Crippen LogP contribution < -0.4 is 20.5 Å². The van der Waals surface area contributed by atoms with E-state index in [2.05, 4.69) is 12.2 Å². The van der Waals surface area contributed by atoms with Gasteiger partial charge < -0.3 is 25.3 Å². The second-order valence-electron chi connectivity index (χ2n) is 5.96. The van der Waals surface area contributed by atoms with Crippen molar-refractivity contribution >= 4 is 5.91 Å². The smallest absolute Gasteiger partial charge is 0.249 e. The first kappa shape index (κ1) is 18.5. The first-order valence-corrected chi connectivity index (χ1v) is 8.60. The fourth-order valence-electron chi connectivity index (χ4n) is 2.64. The van der Waals surface area contributed by atoms with Crippen LogP contribution in [0, 0.1) is 0 Å². The number of unbranched alkanes of at least 4 members (excludes halogenated alkanes) is 1. The second kappa shape index (κ2) is 9.49. The molecule has 3 N–H and O–H groups in total. The van der Waals surface area contributed by atoms with Crippen LogP contribution in [0.3, 0.4) is 0 Å². The van der Waals surface area contributed by atoms with Gasteiger partial charge in [0, 0.05) is 13.1 Å². The molecule has 1 fully saturated rings. The zero-order valence-corrected chi connectivity index (χ0v) is 14.5. The van der Waals surface area contributed by atoms with E-state index in [0.717, 1.165) is 37.0 Å². The highest BCUT2D eigenvalue weighted by atomic mass is 16.5. The van der Waals surface area contributed by atoms with Crippen molar-refractivity contribution in [1.29, 1.82) is 0 Å². The van der Waals surface area contributed by atoms with E-state index in [-0.39, 0.29) is 12.0 Å². The number of carbonyl (C=O) groups excluding carboxylic acids is 1. The predicted octanol–water partition coefficient (Wildman–Crippen LogP) is 2.00. The van der Waals surface area contributed by atoms with Gasteiger partial charge in [-0.05, 0) is 37.0 Å². The Bertz CT molecular complexity index is 536. The fraction of sp³-hybridized carbons (Fsp3) is 0.611. The number of methoxy groups -OCH3 is 1. The van der Waals surface area contributed by atoms with Gasteiger partial charge in [0.1, 0.15) is 6.10 Å². The maximum atomic E-state index is 12.1. The monoisotopic (exact) mass is 336 g/mol. The van der Waals surface area contributed by atoms with Gasteiger partial charge in [0.05, 0.1) is 19.8 Å². The van der Waals surface area contributed by atoms with Crippen molar-refractivity contribution in [3.05, 3.63) is 23.8 Å². The number of ether oxygens (including phenoxy) is 3. The number of rotatable bonds is 9. The van der Waals surface area contributed by atoms with Crippen molar-refractivity contribution in [2.24, 2.45) is 5.73 Å². The highest BCUT2D eigenvalue weighted by Crippen LogP contribution is 2.28. The average molecular weight is 336 g/mol. The number of amides is 1. The van der Waals surface area contributed by atoms with Crippen molar-refractivity contribution in [3.8, 4) is 11.5 Å². The highest BCUT2D eigenvalue weighted by molar-refractivity contribution is 5.81. The molecule has 24 heavy (non-hydrogen) atoms. The molecule has 1 aliphatic heterocycles. The molecule has 0 aromatic heterocycles. The minimum atomic E-state index is -0.392. The van der Waals surface area contributed by atoms with Crippen LogP contribution in [0.4, 0.5) is 0 Å². The predicted molar refractivity (Wildman–Crippen MR) is 92.2 cm³/mol. The summed E-state index contributed by atoms with van der Waals surface area (Å²) >= 11 is 0. The SMILES string of the molecule is CCCCOc1ccc(CNC(=O)[C@@H]2CC[C@H](CN)O2)cc1OC. The summed E-state index contributed by atoms with van der Waals surface area (Å²) in [6, 6.07) is 5.70. The van der Waals surface area contributed by atoms with Crippen molar-refractivity contribution in [1.82, 2.24) is 5.32 Å². The lowest BCUT2D eigenvalue weighted by molar-refractivity contribution is -0.132. The minimum absolute atomic E-state index is 0.000368. The van der Waals surface area contributed by atoms with E-state index >= 15 is 0 Å². The Labute approximate surface area is 143 Å². The molecule has 134 valence electrons. The van der Waals surface area contributed by atoms with E-state index in [1.54, 1.807) is 7.11 Å². The Balaban J connectivity index is 1.87. The number of benzene rings is 1. The summed E-state index contributed by atoms with van der Waals surface area (Å²) in [6.07, 6.45) is 3.26. The van der Waals surface area contributed by atoms with E-state index in [4.69, 9.17) is 19.9 Å². The molecule has 0 radical (unpaired) electrons. The Morgan fingerprint density at radius 3 is 2.88 bits per heavy atom. The Morgan fingerprint density at radius 1 is 1.38 bits per heavy atom. The molecule has 6 heteroatoms. The Kier molecular flexibility index (Phi) is 7.34. The fourth-order valence-corrected chi connectivity index (χ4v) is 2.64. The van der Waals surface area contributed by atoms with Crippen molar-refractivity contribution in [3.63, 3.8) is 0 Å². The van der Waals surface area contributed by atoms with E-state index in [1.165, 1.54) is 0 Å². The summed E-state index contributed by atoms with van der Waals surface area (Å²) in [7, 11) is 1.61. The van der Waals surface area contributed by atoms with Crippen LogP contribution in [0.2, 0.25) is 0 Å². The summed E-state index contributed by atoms with van der Waals surface area (Å²) in [5.41, 5.74) is 6.52. The number of nitrogens with two attached hydrogens (primary N) is 1.